The fourth-order valence-corrected chi connectivity index (χ4v) is 3.40. The highest BCUT2D eigenvalue weighted by Gasteiger charge is 2.26. The SMILES string of the molecule is CC(=O)N1CC[C@H](CN(C)C(=O)NCc2ccc3ccccc3c2)C1. The Bertz CT molecular complexity index is 774. The van der Waals surface area contributed by atoms with Gasteiger partial charge in [0.05, 0.1) is 0 Å². The van der Waals surface area contributed by atoms with Crippen molar-refractivity contribution >= 4 is 22.7 Å². The molecular formula is C20H25N3O2. The summed E-state index contributed by atoms with van der Waals surface area (Å²) in [7, 11) is 1.81. The maximum atomic E-state index is 12.3. The van der Waals surface area contributed by atoms with E-state index in [-0.39, 0.29) is 11.9 Å². The van der Waals surface area contributed by atoms with Crippen molar-refractivity contribution in [1.82, 2.24) is 15.1 Å². The third-order valence-electron chi connectivity index (χ3n) is 4.87. The molecule has 5 heteroatoms. The zero-order valence-corrected chi connectivity index (χ0v) is 14.9. The lowest BCUT2D eigenvalue weighted by atomic mass is 10.1. The molecule has 2 aromatic rings. The van der Waals surface area contributed by atoms with E-state index in [4.69, 9.17) is 0 Å². The fraction of sp³-hybridized carbons (Fsp3) is 0.400. The number of hydrogen-bond donors (Lipinski definition) is 1. The molecule has 5 nitrogen and oxygen atoms in total. The molecule has 1 N–H and O–H groups in total. The van der Waals surface area contributed by atoms with Crippen molar-refractivity contribution in [1.29, 1.82) is 0 Å². The van der Waals surface area contributed by atoms with Gasteiger partial charge in [0.15, 0.2) is 0 Å². The van der Waals surface area contributed by atoms with Crippen LogP contribution >= 0.6 is 0 Å². The quantitative estimate of drug-likeness (QED) is 0.931. The van der Waals surface area contributed by atoms with Crippen LogP contribution in [0.4, 0.5) is 4.79 Å². The van der Waals surface area contributed by atoms with Gasteiger partial charge in [0.2, 0.25) is 5.91 Å². The van der Waals surface area contributed by atoms with Crippen LogP contribution in [0.3, 0.4) is 0 Å². The van der Waals surface area contributed by atoms with E-state index in [0.717, 1.165) is 25.1 Å². The van der Waals surface area contributed by atoms with Gasteiger partial charge in [0.1, 0.15) is 0 Å². The average molecular weight is 339 g/mol. The maximum absolute atomic E-state index is 12.3. The molecule has 0 saturated carbocycles. The molecule has 1 atom stereocenters. The van der Waals surface area contributed by atoms with Crippen LogP contribution in [-0.2, 0) is 11.3 Å². The summed E-state index contributed by atoms with van der Waals surface area (Å²) in [5, 5.41) is 5.36. The molecule has 1 heterocycles. The normalized spacial score (nSPS) is 16.9. The number of nitrogens with one attached hydrogen (secondary N) is 1. The van der Waals surface area contributed by atoms with E-state index >= 15 is 0 Å². The average Bonchev–Trinajstić information content (AvgIpc) is 3.08. The van der Waals surface area contributed by atoms with Crippen molar-refractivity contribution in [3.8, 4) is 0 Å². The predicted octanol–water partition coefficient (Wildman–Crippen LogP) is 2.85. The second-order valence-electron chi connectivity index (χ2n) is 6.84. The molecule has 1 aliphatic heterocycles. The molecule has 3 amide bonds. The third-order valence-corrected chi connectivity index (χ3v) is 4.87. The molecule has 0 aliphatic carbocycles. The van der Waals surface area contributed by atoms with Crippen LogP contribution in [-0.4, -0.2) is 48.4 Å². The molecule has 1 saturated heterocycles. The molecule has 2 aromatic carbocycles. The summed E-state index contributed by atoms with van der Waals surface area (Å²) in [6.07, 6.45) is 0.960. The van der Waals surface area contributed by atoms with Gasteiger partial charge in [-0.15, -0.1) is 0 Å². The minimum absolute atomic E-state index is 0.0746. The molecule has 0 radical (unpaired) electrons. The van der Waals surface area contributed by atoms with E-state index < -0.39 is 0 Å². The maximum Gasteiger partial charge on any atom is 0.317 e. The molecule has 3 rings (SSSR count). The molecule has 132 valence electrons. The summed E-state index contributed by atoms with van der Waals surface area (Å²) in [5.41, 5.74) is 1.09. The minimum atomic E-state index is -0.0746. The number of benzene rings is 2. The molecule has 1 aliphatic rings. The number of urea groups is 1. The lowest BCUT2D eigenvalue weighted by molar-refractivity contribution is -0.127. The second kappa shape index (κ2) is 7.55. The van der Waals surface area contributed by atoms with Crippen molar-refractivity contribution < 1.29 is 9.59 Å². The number of carbonyl (C=O) groups excluding carboxylic acids is 2. The van der Waals surface area contributed by atoms with E-state index in [2.05, 4.69) is 29.6 Å². The van der Waals surface area contributed by atoms with Gasteiger partial charge >= 0.3 is 6.03 Å². The Balaban J connectivity index is 1.50. The van der Waals surface area contributed by atoms with Crippen LogP contribution < -0.4 is 5.32 Å². The Hall–Kier alpha value is -2.56. The van der Waals surface area contributed by atoms with Crippen molar-refractivity contribution in [2.75, 3.05) is 26.7 Å². The lowest BCUT2D eigenvalue weighted by Gasteiger charge is -2.22. The highest BCUT2D eigenvalue weighted by Crippen LogP contribution is 2.18. The van der Waals surface area contributed by atoms with Crippen LogP contribution in [0.1, 0.15) is 18.9 Å². The Morgan fingerprint density at radius 3 is 2.68 bits per heavy atom. The fourth-order valence-electron chi connectivity index (χ4n) is 3.40. The summed E-state index contributed by atoms with van der Waals surface area (Å²) < 4.78 is 0. The van der Waals surface area contributed by atoms with Crippen LogP contribution in [0.5, 0.6) is 0 Å². The zero-order valence-electron chi connectivity index (χ0n) is 14.9. The minimum Gasteiger partial charge on any atom is -0.343 e. The van der Waals surface area contributed by atoms with E-state index in [1.54, 1.807) is 11.8 Å². The summed E-state index contributed by atoms with van der Waals surface area (Å²) in [6.45, 7) is 4.33. The van der Waals surface area contributed by atoms with Gasteiger partial charge in [-0.3, -0.25) is 4.79 Å². The summed E-state index contributed by atoms with van der Waals surface area (Å²) in [6, 6.07) is 14.4. The Labute approximate surface area is 148 Å². The highest BCUT2D eigenvalue weighted by atomic mass is 16.2. The smallest absolute Gasteiger partial charge is 0.317 e. The van der Waals surface area contributed by atoms with Gasteiger partial charge in [0, 0.05) is 40.2 Å². The number of likely N-dealkylation sites (tertiary alicyclic amines) is 1. The molecule has 1 fully saturated rings. The van der Waals surface area contributed by atoms with Crippen LogP contribution in [0.15, 0.2) is 42.5 Å². The topological polar surface area (TPSA) is 52.7 Å². The number of fused-ring (bicyclic) bond motifs is 1. The molecule has 0 unspecified atom stereocenters. The first-order chi connectivity index (χ1) is 12.0. The number of carbonyl (C=O) groups is 2. The number of rotatable bonds is 4. The van der Waals surface area contributed by atoms with E-state index in [0.29, 0.717) is 19.0 Å². The number of nitrogens with zero attached hydrogens (tertiary/aromatic N) is 2. The van der Waals surface area contributed by atoms with Crippen molar-refractivity contribution in [2.45, 2.75) is 19.9 Å². The second-order valence-corrected chi connectivity index (χ2v) is 6.84. The van der Waals surface area contributed by atoms with Gasteiger partial charge in [-0.1, -0.05) is 36.4 Å². The van der Waals surface area contributed by atoms with Crippen LogP contribution in [0.25, 0.3) is 10.8 Å². The van der Waals surface area contributed by atoms with E-state index in [1.165, 1.54) is 10.8 Å². The van der Waals surface area contributed by atoms with Gasteiger partial charge < -0.3 is 15.1 Å². The molecule has 0 aromatic heterocycles. The van der Waals surface area contributed by atoms with E-state index in [9.17, 15) is 9.59 Å². The van der Waals surface area contributed by atoms with E-state index in [1.807, 2.05) is 30.1 Å². The van der Waals surface area contributed by atoms with Gasteiger partial charge in [-0.25, -0.2) is 4.79 Å². The third kappa shape index (κ3) is 4.29. The summed E-state index contributed by atoms with van der Waals surface area (Å²) in [4.78, 5) is 27.3. The number of hydrogen-bond acceptors (Lipinski definition) is 2. The standard InChI is InChI=1S/C20H25N3O2/c1-15(24)23-10-9-17(14-23)13-22(2)20(25)21-12-16-7-8-18-5-3-4-6-19(18)11-16/h3-8,11,17H,9-10,12-14H2,1-2H3,(H,21,25)/t17-/m1/s1. The van der Waals surface area contributed by atoms with Crippen molar-refractivity contribution in [3.05, 3.63) is 48.0 Å². The first kappa shape index (κ1) is 17.3. The van der Waals surface area contributed by atoms with Gasteiger partial charge in [-0.2, -0.15) is 0 Å². The predicted molar refractivity (Wildman–Crippen MR) is 99.2 cm³/mol. The largest absolute Gasteiger partial charge is 0.343 e. The van der Waals surface area contributed by atoms with Crippen molar-refractivity contribution in [3.63, 3.8) is 0 Å². The molecule has 0 spiro atoms. The Morgan fingerprint density at radius 2 is 1.96 bits per heavy atom. The van der Waals surface area contributed by atoms with Crippen LogP contribution in [0, 0.1) is 5.92 Å². The summed E-state index contributed by atoms with van der Waals surface area (Å²) in [5.74, 6) is 0.478. The Kier molecular flexibility index (Phi) is 5.22. The monoisotopic (exact) mass is 339 g/mol. The summed E-state index contributed by atoms with van der Waals surface area (Å²) >= 11 is 0. The van der Waals surface area contributed by atoms with Crippen molar-refractivity contribution in [2.24, 2.45) is 5.92 Å². The molecule has 0 bridgehead atoms. The molecular weight excluding hydrogens is 314 g/mol. The van der Waals surface area contributed by atoms with Gasteiger partial charge in [0.25, 0.3) is 0 Å². The van der Waals surface area contributed by atoms with Crippen LogP contribution in [0.2, 0.25) is 0 Å². The van der Waals surface area contributed by atoms with Gasteiger partial charge in [-0.05, 0) is 34.7 Å². The highest BCUT2D eigenvalue weighted by molar-refractivity contribution is 5.83. The number of amides is 3. The first-order valence-corrected chi connectivity index (χ1v) is 8.75. The Morgan fingerprint density at radius 1 is 1.20 bits per heavy atom. The first-order valence-electron chi connectivity index (χ1n) is 8.75. The zero-order chi connectivity index (χ0) is 17.8. The lowest BCUT2D eigenvalue weighted by Crippen LogP contribution is -2.40. The molecule has 25 heavy (non-hydrogen) atoms.